The Bertz CT molecular complexity index is 1370. The van der Waals surface area contributed by atoms with Crippen LogP contribution < -0.4 is 10.2 Å². The molecule has 0 radical (unpaired) electrons. The maximum Gasteiger partial charge on any atom is 0.174 e. The van der Waals surface area contributed by atoms with E-state index in [0.29, 0.717) is 0 Å². The smallest absolute Gasteiger partial charge is 0.174 e. The molecule has 0 amide bonds. The minimum absolute atomic E-state index is 0.0192. The summed E-state index contributed by atoms with van der Waals surface area (Å²) in [4.78, 5) is 6.97. The maximum atomic E-state index is 5.93. The van der Waals surface area contributed by atoms with Gasteiger partial charge in [0.25, 0.3) is 0 Å². The Morgan fingerprint density at radius 1 is 0.824 bits per heavy atom. The van der Waals surface area contributed by atoms with Crippen molar-refractivity contribution >= 4 is 23.0 Å². The monoisotopic (exact) mass is 466 g/mol. The van der Waals surface area contributed by atoms with Crippen LogP contribution in [0.15, 0.2) is 72.9 Å². The summed E-state index contributed by atoms with van der Waals surface area (Å²) in [6.07, 6.45) is 1.85. The maximum absolute atomic E-state index is 5.93. The summed E-state index contributed by atoms with van der Waals surface area (Å²) in [6, 6.07) is 23.5. The van der Waals surface area contributed by atoms with E-state index in [0.717, 1.165) is 16.5 Å². The Kier molecular flexibility index (Phi) is 5.74. The summed E-state index contributed by atoms with van der Waals surface area (Å²) >= 11 is 5.93. The molecule has 1 fully saturated rings. The van der Waals surface area contributed by atoms with Gasteiger partial charge in [0.1, 0.15) is 0 Å². The molecule has 4 nitrogen and oxygen atoms in total. The van der Waals surface area contributed by atoms with E-state index in [-0.39, 0.29) is 12.1 Å². The van der Waals surface area contributed by atoms with Crippen molar-refractivity contribution in [2.75, 3.05) is 4.90 Å². The number of anilines is 1. The predicted molar refractivity (Wildman–Crippen MR) is 144 cm³/mol. The number of nitrogens with zero attached hydrogens (tertiary/aromatic N) is 3. The van der Waals surface area contributed by atoms with E-state index in [1.54, 1.807) is 0 Å². The summed E-state index contributed by atoms with van der Waals surface area (Å²) in [5.41, 5.74) is 10.7. The fourth-order valence-corrected chi connectivity index (χ4v) is 5.42. The molecule has 0 saturated carbocycles. The summed E-state index contributed by atoms with van der Waals surface area (Å²) in [5, 5.41) is 4.32. The van der Waals surface area contributed by atoms with Crippen molar-refractivity contribution in [3.05, 3.63) is 112 Å². The fourth-order valence-electron chi connectivity index (χ4n) is 5.08. The Morgan fingerprint density at radius 2 is 1.65 bits per heavy atom. The van der Waals surface area contributed by atoms with Gasteiger partial charge in [0.05, 0.1) is 17.8 Å². The molecule has 2 unspecified atom stereocenters. The first-order valence-corrected chi connectivity index (χ1v) is 12.1. The highest BCUT2D eigenvalue weighted by atomic mass is 32.1. The van der Waals surface area contributed by atoms with E-state index < -0.39 is 0 Å². The molecule has 5 rings (SSSR count). The average Bonchev–Trinajstić information content (AvgIpc) is 3.31. The average molecular weight is 467 g/mol. The van der Waals surface area contributed by atoms with Crippen molar-refractivity contribution in [2.45, 2.75) is 46.7 Å². The molecule has 5 heteroatoms. The van der Waals surface area contributed by atoms with E-state index in [2.05, 4.69) is 104 Å². The largest absolute Gasteiger partial charge is 0.351 e. The zero-order valence-electron chi connectivity index (χ0n) is 20.3. The normalized spacial score (nSPS) is 17.8. The predicted octanol–water partition coefficient (Wildman–Crippen LogP) is 6.59. The highest BCUT2D eigenvalue weighted by Crippen LogP contribution is 2.44. The molecular formula is C29H30N4S. The second kappa shape index (κ2) is 8.73. The van der Waals surface area contributed by atoms with Crippen molar-refractivity contribution in [2.24, 2.45) is 0 Å². The molecule has 2 aromatic heterocycles. The zero-order valence-corrected chi connectivity index (χ0v) is 21.1. The van der Waals surface area contributed by atoms with Gasteiger partial charge in [-0.05, 0) is 112 Å². The lowest BCUT2D eigenvalue weighted by atomic mass is 9.96. The molecule has 1 aliphatic rings. The molecule has 4 aromatic rings. The Hall–Kier alpha value is -3.44. The number of thiocarbonyl (C=S) groups is 1. The Labute approximate surface area is 207 Å². The summed E-state index contributed by atoms with van der Waals surface area (Å²) < 4.78 is 2.34. The molecule has 2 atom stereocenters. The third-order valence-corrected chi connectivity index (χ3v) is 7.23. The molecule has 1 N–H and O–H groups in total. The molecule has 0 spiro atoms. The Morgan fingerprint density at radius 3 is 2.35 bits per heavy atom. The van der Waals surface area contributed by atoms with Crippen LogP contribution in [0, 0.1) is 34.6 Å². The zero-order chi connectivity index (χ0) is 24.0. The second-order valence-corrected chi connectivity index (χ2v) is 9.65. The number of aromatic nitrogens is 2. The van der Waals surface area contributed by atoms with Crippen LogP contribution in [0.3, 0.4) is 0 Å². The van der Waals surface area contributed by atoms with Gasteiger partial charge in [-0.2, -0.15) is 0 Å². The fraction of sp³-hybridized carbons (Fsp3) is 0.241. The highest BCUT2D eigenvalue weighted by Gasteiger charge is 2.42. The van der Waals surface area contributed by atoms with Gasteiger partial charge in [0.2, 0.25) is 0 Å². The molecule has 0 aliphatic carbocycles. The minimum Gasteiger partial charge on any atom is -0.351 e. The van der Waals surface area contributed by atoms with Gasteiger partial charge in [-0.1, -0.05) is 24.3 Å². The van der Waals surface area contributed by atoms with Crippen LogP contribution in [0.1, 0.15) is 51.4 Å². The lowest BCUT2D eigenvalue weighted by Gasteiger charge is -2.28. The molecule has 3 heterocycles. The van der Waals surface area contributed by atoms with Gasteiger partial charge in [-0.15, -0.1) is 0 Å². The lowest BCUT2D eigenvalue weighted by molar-refractivity contribution is 0.565. The van der Waals surface area contributed by atoms with Crippen LogP contribution in [0.4, 0.5) is 5.69 Å². The first-order valence-electron chi connectivity index (χ1n) is 11.7. The van der Waals surface area contributed by atoms with E-state index in [4.69, 9.17) is 17.2 Å². The number of hydrogen-bond donors (Lipinski definition) is 1. The Balaban J connectivity index is 1.69. The molecule has 172 valence electrons. The minimum atomic E-state index is -0.0539. The lowest BCUT2D eigenvalue weighted by Crippen LogP contribution is -2.29. The number of aryl methyl sites for hydroxylation is 4. The number of pyridine rings is 1. The number of nitrogens with one attached hydrogen (secondary N) is 1. The number of rotatable bonds is 4. The van der Waals surface area contributed by atoms with Crippen LogP contribution in [0.2, 0.25) is 0 Å². The van der Waals surface area contributed by atoms with Crippen molar-refractivity contribution in [3.63, 3.8) is 0 Å². The van der Waals surface area contributed by atoms with Crippen molar-refractivity contribution in [3.8, 4) is 5.69 Å². The number of hydrogen-bond acceptors (Lipinski definition) is 2. The van der Waals surface area contributed by atoms with Gasteiger partial charge in [-0.25, -0.2) is 0 Å². The molecule has 1 aliphatic heterocycles. The van der Waals surface area contributed by atoms with Crippen LogP contribution >= 0.6 is 12.2 Å². The summed E-state index contributed by atoms with van der Waals surface area (Å²) in [7, 11) is 0. The van der Waals surface area contributed by atoms with Gasteiger partial charge in [0, 0.05) is 29.0 Å². The first-order chi connectivity index (χ1) is 16.3. The SMILES string of the molecule is Cc1cccc(-n2c(C)cc(C3C(c4ccccn4)NC(=S)N3c3ccc(C)c(C)c3)c2C)c1. The third kappa shape index (κ3) is 3.80. The first kappa shape index (κ1) is 22.4. The van der Waals surface area contributed by atoms with Crippen molar-refractivity contribution in [1.29, 1.82) is 0 Å². The second-order valence-electron chi connectivity index (χ2n) is 9.27. The van der Waals surface area contributed by atoms with Crippen molar-refractivity contribution in [1.82, 2.24) is 14.9 Å². The van der Waals surface area contributed by atoms with Crippen LogP contribution in [-0.2, 0) is 0 Å². The van der Waals surface area contributed by atoms with Crippen molar-refractivity contribution < 1.29 is 0 Å². The van der Waals surface area contributed by atoms with E-state index in [1.807, 2.05) is 18.3 Å². The van der Waals surface area contributed by atoms with Crippen LogP contribution in [-0.4, -0.2) is 14.7 Å². The molecular weight excluding hydrogens is 436 g/mol. The van der Waals surface area contributed by atoms with E-state index >= 15 is 0 Å². The third-order valence-electron chi connectivity index (χ3n) is 6.92. The van der Waals surface area contributed by atoms with Gasteiger partial charge in [0.15, 0.2) is 5.11 Å². The van der Waals surface area contributed by atoms with Gasteiger partial charge in [-0.3, -0.25) is 4.98 Å². The van der Waals surface area contributed by atoms with E-state index in [9.17, 15) is 0 Å². The highest BCUT2D eigenvalue weighted by molar-refractivity contribution is 7.80. The molecule has 0 bridgehead atoms. The molecule has 1 saturated heterocycles. The number of benzene rings is 2. The summed E-state index contributed by atoms with van der Waals surface area (Å²) in [6.45, 7) is 10.8. The van der Waals surface area contributed by atoms with Crippen LogP contribution in [0.25, 0.3) is 5.69 Å². The van der Waals surface area contributed by atoms with E-state index in [1.165, 1.54) is 39.3 Å². The summed E-state index contributed by atoms with van der Waals surface area (Å²) in [5.74, 6) is 0. The topological polar surface area (TPSA) is 33.1 Å². The van der Waals surface area contributed by atoms with Crippen LogP contribution in [0.5, 0.6) is 0 Å². The quantitative estimate of drug-likeness (QED) is 0.344. The van der Waals surface area contributed by atoms with Gasteiger partial charge < -0.3 is 14.8 Å². The molecule has 34 heavy (non-hydrogen) atoms. The van der Waals surface area contributed by atoms with Gasteiger partial charge >= 0.3 is 0 Å². The molecule has 2 aromatic carbocycles. The standard InChI is InChI=1S/C29H30N4S/c1-18-9-8-10-23(15-18)32-21(4)17-25(22(32)5)28-27(26-11-6-7-14-30-26)31-29(34)33(28)24-13-12-19(2)20(3)16-24/h6-17,27-28H,1-5H3,(H,31,34).